The molecule has 128 valence electrons. The fourth-order valence-electron chi connectivity index (χ4n) is 2.48. The fraction of sp³-hybridized carbons (Fsp3) is 0.389. The molecule has 2 aromatic rings. The summed E-state index contributed by atoms with van der Waals surface area (Å²) in [6.07, 6.45) is 0.345. The van der Waals surface area contributed by atoms with Crippen LogP contribution in [0.2, 0.25) is 0 Å². The molecule has 0 bridgehead atoms. The fourth-order valence-corrected chi connectivity index (χ4v) is 3.39. The number of thiazole rings is 1. The van der Waals surface area contributed by atoms with E-state index in [1.807, 2.05) is 20.8 Å². The number of methoxy groups -OCH3 is 1. The molecule has 24 heavy (non-hydrogen) atoms. The third-order valence-corrected chi connectivity index (χ3v) is 4.62. The van der Waals surface area contributed by atoms with Crippen molar-refractivity contribution in [3.8, 4) is 5.75 Å². The highest BCUT2D eigenvalue weighted by Crippen LogP contribution is 2.22. The maximum atomic E-state index is 12.1. The van der Waals surface area contributed by atoms with Crippen LogP contribution in [-0.4, -0.2) is 23.8 Å². The summed E-state index contributed by atoms with van der Waals surface area (Å²) in [5, 5.41) is 3.89. The molecule has 1 atom stereocenters. The number of benzene rings is 1. The monoisotopic (exact) mass is 346 g/mol. The van der Waals surface area contributed by atoms with Gasteiger partial charge in [0.1, 0.15) is 5.75 Å². The van der Waals surface area contributed by atoms with E-state index in [2.05, 4.69) is 10.3 Å². The molecule has 0 spiro atoms. The van der Waals surface area contributed by atoms with Gasteiger partial charge in [0.25, 0.3) is 0 Å². The van der Waals surface area contributed by atoms with Crippen molar-refractivity contribution in [3.63, 3.8) is 0 Å². The quantitative estimate of drug-likeness (QED) is 0.778. The van der Waals surface area contributed by atoms with E-state index in [0.29, 0.717) is 11.3 Å². The number of Topliss-reactive ketones (excluding diaryl/α,β-unsaturated/α-hetero) is 1. The lowest BCUT2D eigenvalue weighted by Gasteiger charge is -2.12. The number of hydrogen-bond donors (Lipinski definition) is 1. The zero-order valence-corrected chi connectivity index (χ0v) is 15.2. The number of carbonyl (C=O) groups is 2. The molecule has 0 aliphatic heterocycles. The first-order valence-electron chi connectivity index (χ1n) is 7.81. The van der Waals surface area contributed by atoms with Gasteiger partial charge in [0, 0.05) is 23.3 Å². The Bertz CT molecular complexity index is 722. The number of carbonyl (C=O) groups excluding carboxylic acids is 2. The van der Waals surface area contributed by atoms with Gasteiger partial charge in [-0.1, -0.05) is 0 Å². The Balaban J connectivity index is 1.85. The maximum Gasteiger partial charge on any atom is 0.220 e. The van der Waals surface area contributed by atoms with Crippen LogP contribution in [0.3, 0.4) is 0 Å². The first kappa shape index (κ1) is 18.1. The number of aryl methyl sites for hydroxylation is 2. The Morgan fingerprint density at radius 2 is 1.88 bits per heavy atom. The summed E-state index contributed by atoms with van der Waals surface area (Å²) < 4.78 is 5.06. The minimum atomic E-state index is -0.154. The van der Waals surface area contributed by atoms with Crippen molar-refractivity contribution in [3.05, 3.63) is 45.4 Å². The molecule has 1 aromatic carbocycles. The zero-order valence-electron chi connectivity index (χ0n) is 14.4. The standard InChI is InChI=1S/C18H22N2O3S/c1-11(18-12(2)24-13(3)20-18)19-17(22)10-9-16(21)14-5-7-15(23-4)8-6-14/h5-8,11H,9-10H2,1-4H3,(H,19,22)/t11-/m0/s1. The SMILES string of the molecule is COc1ccc(C(=O)CCC(=O)N[C@@H](C)c2nc(C)sc2C)cc1. The predicted octanol–water partition coefficient (Wildman–Crippen LogP) is 3.61. The van der Waals surface area contributed by atoms with E-state index in [1.54, 1.807) is 42.7 Å². The number of nitrogens with one attached hydrogen (secondary N) is 1. The third kappa shape index (κ3) is 4.64. The van der Waals surface area contributed by atoms with Crippen LogP contribution in [0.5, 0.6) is 5.75 Å². The second-order valence-electron chi connectivity index (χ2n) is 5.62. The van der Waals surface area contributed by atoms with Gasteiger partial charge in [0.15, 0.2) is 5.78 Å². The normalized spacial score (nSPS) is 11.8. The van der Waals surface area contributed by atoms with Crippen LogP contribution >= 0.6 is 11.3 Å². The molecule has 5 nitrogen and oxygen atoms in total. The summed E-state index contributed by atoms with van der Waals surface area (Å²) >= 11 is 1.62. The van der Waals surface area contributed by atoms with Crippen molar-refractivity contribution in [1.82, 2.24) is 10.3 Å². The number of aromatic nitrogens is 1. The first-order valence-corrected chi connectivity index (χ1v) is 8.63. The van der Waals surface area contributed by atoms with E-state index in [9.17, 15) is 9.59 Å². The molecule has 6 heteroatoms. The smallest absolute Gasteiger partial charge is 0.220 e. The van der Waals surface area contributed by atoms with E-state index in [1.165, 1.54) is 0 Å². The highest BCUT2D eigenvalue weighted by Gasteiger charge is 2.16. The van der Waals surface area contributed by atoms with Crippen LogP contribution in [-0.2, 0) is 4.79 Å². The summed E-state index contributed by atoms with van der Waals surface area (Å²) in [6.45, 7) is 5.85. The molecule has 0 unspecified atom stereocenters. The Kier molecular flexibility index (Phi) is 6.09. The number of ether oxygens (including phenoxy) is 1. The number of amides is 1. The highest BCUT2D eigenvalue weighted by atomic mass is 32.1. The topological polar surface area (TPSA) is 68.3 Å². The summed E-state index contributed by atoms with van der Waals surface area (Å²) in [5.41, 5.74) is 1.48. The Labute approximate surface area is 146 Å². The van der Waals surface area contributed by atoms with Gasteiger partial charge < -0.3 is 10.1 Å². The van der Waals surface area contributed by atoms with Crippen LogP contribution in [0.4, 0.5) is 0 Å². The van der Waals surface area contributed by atoms with Crippen LogP contribution in [0.15, 0.2) is 24.3 Å². The molecule has 1 N–H and O–H groups in total. The Morgan fingerprint density at radius 1 is 1.21 bits per heavy atom. The molecule has 0 aliphatic rings. The van der Waals surface area contributed by atoms with Crippen LogP contribution in [0, 0.1) is 13.8 Å². The zero-order chi connectivity index (χ0) is 17.7. The number of rotatable bonds is 7. The molecule has 0 fully saturated rings. The van der Waals surface area contributed by atoms with Gasteiger partial charge in [0.2, 0.25) is 5.91 Å². The van der Waals surface area contributed by atoms with Gasteiger partial charge >= 0.3 is 0 Å². The molecule has 0 aliphatic carbocycles. The van der Waals surface area contributed by atoms with Gasteiger partial charge in [-0.3, -0.25) is 9.59 Å². The van der Waals surface area contributed by atoms with Crippen molar-refractivity contribution in [1.29, 1.82) is 0 Å². The third-order valence-electron chi connectivity index (χ3n) is 3.72. The molecule has 1 aromatic heterocycles. The summed E-state index contributed by atoms with van der Waals surface area (Å²) in [6, 6.07) is 6.75. The van der Waals surface area contributed by atoms with Crippen LogP contribution in [0.1, 0.15) is 51.7 Å². The number of ketones is 1. The van der Waals surface area contributed by atoms with E-state index in [0.717, 1.165) is 15.6 Å². The number of hydrogen-bond acceptors (Lipinski definition) is 5. The molecule has 1 amide bonds. The van der Waals surface area contributed by atoms with Crippen molar-refractivity contribution >= 4 is 23.0 Å². The summed E-state index contributed by atoms with van der Waals surface area (Å²) in [7, 11) is 1.58. The molecule has 0 saturated carbocycles. The second-order valence-corrected chi connectivity index (χ2v) is 7.02. The van der Waals surface area contributed by atoms with Crippen molar-refractivity contribution in [2.45, 2.75) is 39.7 Å². The van der Waals surface area contributed by atoms with Crippen molar-refractivity contribution < 1.29 is 14.3 Å². The van der Waals surface area contributed by atoms with E-state index in [-0.39, 0.29) is 30.6 Å². The average molecular weight is 346 g/mol. The molecule has 1 heterocycles. The van der Waals surface area contributed by atoms with Gasteiger partial charge in [-0.25, -0.2) is 4.98 Å². The lowest BCUT2D eigenvalue weighted by Crippen LogP contribution is -2.27. The largest absolute Gasteiger partial charge is 0.497 e. The number of nitrogens with zero attached hydrogens (tertiary/aromatic N) is 1. The molecular weight excluding hydrogens is 324 g/mol. The van der Waals surface area contributed by atoms with Crippen LogP contribution in [0.25, 0.3) is 0 Å². The lowest BCUT2D eigenvalue weighted by molar-refractivity contribution is -0.121. The van der Waals surface area contributed by atoms with E-state index >= 15 is 0 Å². The van der Waals surface area contributed by atoms with Crippen LogP contribution < -0.4 is 10.1 Å². The minimum Gasteiger partial charge on any atom is -0.497 e. The van der Waals surface area contributed by atoms with E-state index in [4.69, 9.17) is 4.74 Å². The van der Waals surface area contributed by atoms with Crippen molar-refractivity contribution in [2.24, 2.45) is 0 Å². The van der Waals surface area contributed by atoms with Gasteiger partial charge in [-0.05, 0) is 45.0 Å². The lowest BCUT2D eigenvalue weighted by atomic mass is 10.1. The molecule has 2 rings (SSSR count). The van der Waals surface area contributed by atoms with Gasteiger partial charge in [-0.15, -0.1) is 11.3 Å². The first-order chi connectivity index (χ1) is 11.4. The Hall–Kier alpha value is -2.21. The summed E-state index contributed by atoms with van der Waals surface area (Å²) in [4.78, 5) is 29.8. The molecular formula is C18H22N2O3S. The van der Waals surface area contributed by atoms with Gasteiger partial charge in [-0.2, -0.15) is 0 Å². The Morgan fingerprint density at radius 3 is 2.42 bits per heavy atom. The molecule has 0 saturated heterocycles. The maximum absolute atomic E-state index is 12.1. The van der Waals surface area contributed by atoms with Gasteiger partial charge in [0.05, 0.1) is 23.9 Å². The summed E-state index contributed by atoms with van der Waals surface area (Å²) in [5.74, 6) is 0.502. The average Bonchev–Trinajstić information content (AvgIpc) is 2.91. The molecule has 0 radical (unpaired) electrons. The predicted molar refractivity (Wildman–Crippen MR) is 94.7 cm³/mol. The minimum absolute atomic E-state index is 0.0545. The second kappa shape index (κ2) is 8.06. The van der Waals surface area contributed by atoms with E-state index < -0.39 is 0 Å². The highest BCUT2D eigenvalue weighted by molar-refractivity contribution is 7.11. The van der Waals surface area contributed by atoms with Crippen molar-refractivity contribution in [2.75, 3.05) is 7.11 Å².